The van der Waals surface area contributed by atoms with E-state index in [1.54, 1.807) is 17.0 Å². The molecule has 2 atom stereocenters. The van der Waals surface area contributed by atoms with E-state index in [2.05, 4.69) is 5.10 Å². The highest BCUT2D eigenvalue weighted by Gasteiger charge is 2.36. The van der Waals surface area contributed by atoms with Crippen molar-refractivity contribution in [2.45, 2.75) is 58.8 Å². The molecule has 2 heterocycles. The number of carbonyl (C=O) groups excluding carboxylic acids is 1. The molecule has 5 nitrogen and oxygen atoms in total. The summed E-state index contributed by atoms with van der Waals surface area (Å²) in [4.78, 5) is 14.3. The second-order valence-electron chi connectivity index (χ2n) is 7.67. The van der Waals surface area contributed by atoms with Crippen LogP contribution in [0.3, 0.4) is 0 Å². The van der Waals surface area contributed by atoms with Crippen molar-refractivity contribution in [1.29, 1.82) is 0 Å². The third-order valence-electron chi connectivity index (χ3n) is 4.38. The van der Waals surface area contributed by atoms with Gasteiger partial charge in [0.1, 0.15) is 11.4 Å². The molecule has 140 valence electrons. The molecule has 1 unspecified atom stereocenters. The molecule has 3 rings (SSSR count). The molecule has 1 amide bonds. The van der Waals surface area contributed by atoms with Crippen molar-refractivity contribution in [2.24, 2.45) is 0 Å². The van der Waals surface area contributed by atoms with E-state index in [1.165, 1.54) is 6.07 Å². The number of amides is 1. The Morgan fingerprint density at radius 1 is 1.31 bits per heavy atom. The average Bonchev–Trinajstić information content (AvgIpc) is 2.89. The van der Waals surface area contributed by atoms with Crippen LogP contribution in [0.2, 0.25) is 5.02 Å². The highest BCUT2D eigenvalue weighted by Crippen LogP contribution is 2.34. The molecule has 0 spiro atoms. The van der Waals surface area contributed by atoms with E-state index < -0.39 is 11.4 Å². The third kappa shape index (κ3) is 3.56. The maximum atomic E-state index is 14.2. The summed E-state index contributed by atoms with van der Waals surface area (Å²) in [6.07, 6.45) is -0.357. The zero-order chi connectivity index (χ0) is 19.2. The number of halogens is 2. The molecule has 0 fully saturated rings. The summed E-state index contributed by atoms with van der Waals surface area (Å²) in [6, 6.07) is 6.03. The van der Waals surface area contributed by atoms with E-state index >= 15 is 0 Å². The number of nitrogens with zero attached hydrogens (tertiary/aromatic N) is 3. The van der Waals surface area contributed by atoms with Gasteiger partial charge >= 0.3 is 6.09 Å². The number of carbonyl (C=O) groups is 1. The van der Waals surface area contributed by atoms with Gasteiger partial charge in [0.05, 0.1) is 30.0 Å². The van der Waals surface area contributed by atoms with Gasteiger partial charge in [0, 0.05) is 10.6 Å². The van der Waals surface area contributed by atoms with Gasteiger partial charge in [-0.3, -0.25) is 9.58 Å². The van der Waals surface area contributed by atoms with Gasteiger partial charge in [-0.1, -0.05) is 11.6 Å². The minimum absolute atomic E-state index is 0.0878. The Morgan fingerprint density at radius 3 is 2.62 bits per heavy atom. The molecule has 1 aliphatic rings. The zero-order valence-electron chi connectivity index (χ0n) is 15.6. The van der Waals surface area contributed by atoms with Crippen LogP contribution >= 0.6 is 11.6 Å². The van der Waals surface area contributed by atoms with E-state index in [-0.39, 0.29) is 18.2 Å². The lowest BCUT2D eigenvalue weighted by Gasteiger charge is -2.39. The zero-order valence-corrected chi connectivity index (χ0v) is 16.3. The van der Waals surface area contributed by atoms with Crippen LogP contribution in [0.4, 0.5) is 9.18 Å². The highest BCUT2D eigenvalue weighted by atomic mass is 35.5. The van der Waals surface area contributed by atoms with Gasteiger partial charge < -0.3 is 4.74 Å². The predicted octanol–water partition coefficient (Wildman–Crippen LogP) is 5.04. The van der Waals surface area contributed by atoms with Crippen molar-refractivity contribution < 1.29 is 13.9 Å². The molecule has 1 aromatic carbocycles. The van der Waals surface area contributed by atoms with E-state index in [1.807, 2.05) is 45.4 Å². The van der Waals surface area contributed by atoms with Crippen LogP contribution in [0.5, 0.6) is 0 Å². The van der Waals surface area contributed by atoms with Crippen molar-refractivity contribution in [2.75, 3.05) is 0 Å². The Morgan fingerprint density at radius 2 is 2.00 bits per heavy atom. The fourth-order valence-electron chi connectivity index (χ4n) is 3.26. The number of hydrogen-bond acceptors (Lipinski definition) is 3. The Bertz CT molecular complexity index is 844. The lowest BCUT2D eigenvalue weighted by molar-refractivity contribution is -0.000298. The van der Waals surface area contributed by atoms with Crippen LogP contribution in [-0.4, -0.2) is 32.4 Å². The summed E-state index contributed by atoms with van der Waals surface area (Å²) in [6.45, 7) is 9.93. The summed E-state index contributed by atoms with van der Waals surface area (Å²) in [5, 5.41) is 4.88. The van der Waals surface area contributed by atoms with Crippen LogP contribution in [0.1, 0.15) is 46.4 Å². The molecule has 2 aromatic rings. The fourth-order valence-corrected chi connectivity index (χ4v) is 3.42. The number of ether oxygens (including phenoxy) is 1. The molecule has 26 heavy (non-hydrogen) atoms. The Balaban J connectivity index is 1.94. The normalized spacial score (nSPS) is 20.0. The van der Waals surface area contributed by atoms with Crippen molar-refractivity contribution in [3.63, 3.8) is 0 Å². The summed E-state index contributed by atoms with van der Waals surface area (Å²) < 4.78 is 21.6. The minimum Gasteiger partial charge on any atom is -0.444 e. The first-order valence-electron chi connectivity index (χ1n) is 8.61. The molecule has 1 aliphatic heterocycles. The monoisotopic (exact) mass is 379 g/mol. The molecule has 1 aromatic heterocycles. The molecule has 0 bridgehead atoms. The fraction of sp³-hybridized carbons (Fsp3) is 0.474. The first-order chi connectivity index (χ1) is 12.1. The summed E-state index contributed by atoms with van der Waals surface area (Å²) in [5.74, 6) is -0.419. The topological polar surface area (TPSA) is 47.4 Å². The van der Waals surface area contributed by atoms with Crippen molar-refractivity contribution in [3.05, 3.63) is 40.8 Å². The van der Waals surface area contributed by atoms with Crippen LogP contribution in [-0.2, 0) is 11.3 Å². The predicted molar refractivity (Wildman–Crippen MR) is 98.6 cm³/mol. The lowest BCUT2D eigenvalue weighted by atomic mass is 10.1. The minimum atomic E-state index is -0.564. The average molecular weight is 380 g/mol. The van der Waals surface area contributed by atoms with Crippen molar-refractivity contribution in [1.82, 2.24) is 14.7 Å². The molecule has 0 N–H and O–H groups in total. The summed E-state index contributed by atoms with van der Waals surface area (Å²) >= 11 is 5.83. The molecule has 0 radical (unpaired) electrons. The Hall–Kier alpha value is -2.08. The Labute approximate surface area is 157 Å². The van der Waals surface area contributed by atoms with Gasteiger partial charge in [0.2, 0.25) is 0 Å². The van der Waals surface area contributed by atoms with Crippen molar-refractivity contribution in [3.8, 4) is 11.3 Å². The van der Waals surface area contributed by atoms with E-state index in [0.717, 1.165) is 5.69 Å². The third-order valence-corrected chi connectivity index (χ3v) is 4.61. The SMILES string of the molecule is CC1c2cc(-c3ccc(Cl)cc3F)nn2C[C@@H](C)N1C(=O)OC(C)(C)C. The molecule has 0 saturated heterocycles. The van der Waals surface area contributed by atoms with Gasteiger partial charge in [-0.2, -0.15) is 5.10 Å². The second kappa shape index (κ2) is 6.58. The van der Waals surface area contributed by atoms with E-state index in [9.17, 15) is 9.18 Å². The number of benzene rings is 1. The maximum absolute atomic E-state index is 14.2. The largest absolute Gasteiger partial charge is 0.444 e. The van der Waals surface area contributed by atoms with E-state index in [4.69, 9.17) is 16.3 Å². The van der Waals surface area contributed by atoms with Gasteiger partial charge in [0.25, 0.3) is 0 Å². The van der Waals surface area contributed by atoms with Crippen LogP contribution in [0.15, 0.2) is 24.3 Å². The lowest BCUT2D eigenvalue weighted by Crippen LogP contribution is -2.48. The summed E-state index contributed by atoms with van der Waals surface area (Å²) in [7, 11) is 0. The molecule has 7 heteroatoms. The second-order valence-corrected chi connectivity index (χ2v) is 8.11. The number of hydrogen-bond donors (Lipinski definition) is 0. The number of rotatable bonds is 1. The smallest absolute Gasteiger partial charge is 0.411 e. The van der Waals surface area contributed by atoms with Crippen LogP contribution in [0.25, 0.3) is 11.3 Å². The first-order valence-corrected chi connectivity index (χ1v) is 8.99. The quantitative estimate of drug-likeness (QED) is 0.697. The van der Waals surface area contributed by atoms with E-state index in [0.29, 0.717) is 22.8 Å². The Kier molecular flexibility index (Phi) is 4.73. The molecule has 0 aliphatic carbocycles. The standard InChI is InChI=1S/C19H23ClFN3O2/c1-11-10-23-17(12(2)24(11)18(25)26-19(3,4)5)9-16(22-23)14-7-6-13(20)8-15(14)21/h6-9,11-12H,10H2,1-5H3/t11-,12?/m1/s1. The van der Waals surface area contributed by atoms with Crippen LogP contribution < -0.4 is 0 Å². The highest BCUT2D eigenvalue weighted by molar-refractivity contribution is 6.30. The summed E-state index contributed by atoms with van der Waals surface area (Å²) in [5.41, 5.74) is 1.20. The first kappa shape index (κ1) is 18.7. The van der Waals surface area contributed by atoms with Gasteiger partial charge in [-0.15, -0.1) is 0 Å². The molecular formula is C19H23ClFN3O2. The molecule has 0 saturated carbocycles. The van der Waals surface area contributed by atoms with Gasteiger partial charge in [0.15, 0.2) is 0 Å². The number of aromatic nitrogens is 2. The van der Waals surface area contributed by atoms with Crippen LogP contribution in [0, 0.1) is 5.82 Å². The maximum Gasteiger partial charge on any atom is 0.411 e. The van der Waals surface area contributed by atoms with Crippen molar-refractivity contribution >= 4 is 17.7 Å². The van der Waals surface area contributed by atoms with Gasteiger partial charge in [-0.25, -0.2) is 9.18 Å². The molecular weight excluding hydrogens is 357 g/mol. The van der Waals surface area contributed by atoms with Gasteiger partial charge in [-0.05, 0) is 58.9 Å². The number of fused-ring (bicyclic) bond motifs is 1.